The van der Waals surface area contributed by atoms with Gasteiger partial charge < -0.3 is 10.2 Å². The summed E-state index contributed by atoms with van der Waals surface area (Å²) in [6.07, 6.45) is 3.82. The predicted molar refractivity (Wildman–Crippen MR) is 136 cm³/mol. The molecule has 7 nitrogen and oxygen atoms in total. The fourth-order valence-corrected chi connectivity index (χ4v) is 7.02. The van der Waals surface area contributed by atoms with E-state index in [2.05, 4.69) is 5.32 Å². The van der Waals surface area contributed by atoms with E-state index in [1.165, 1.54) is 4.31 Å². The zero-order chi connectivity index (χ0) is 24.9. The molecule has 5 rings (SSSR count). The van der Waals surface area contributed by atoms with E-state index in [-0.39, 0.29) is 35.2 Å². The van der Waals surface area contributed by atoms with E-state index in [4.69, 9.17) is 0 Å². The summed E-state index contributed by atoms with van der Waals surface area (Å²) >= 11 is 0. The van der Waals surface area contributed by atoms with Crippen LogP contribution in [0.15, 0.2) is 41.3 Å². The number of benzene rings is 2. The average Bonchev–Trinajstić information content (AvgIpc) is 3.60. The molecule has 0 radical (unpaired) electrons. The number of sulfonamides is 1. The lowest BCUT2D eigenvalue weighted by Gasteiger charge is -2.31. The molecule has 2 aromatic carbocycles. The van der Waals surface area contributed by atoms with E-state index in [1.54, 1.807) is 18.2 Å². The van der Waals surface area contributed by atoms with Crippen molar-refractivity contribution in [1.82, 2.24) is 4.31 Å². The van der Waals surface area contributed by atoms with Gasteiger partial charge in [0.05, 0.1) is 10.8 Å². The monoisotopic (exact) mass is 495 g/mol. The fraction of sp³-hybridized carbons (Fsp3) is 0.481. The summed E-state index contributed by atoms with van der Waals surface area (Å²) in [5.41, 5.74) is 4.60. The van der Waals surface area contributed by atoms with E-state index in [1.807, 2.05) is 43.9 Å². The van der Waals surface area contributed by atoms with E-state index in [0.29, 0.717) is 25.8 Å². The summed E-state index contributed by atoms with van der Waals surface area (Å²) in [5, 5.41) is 2.98. The number of amides is 2. The highest BCUT2D eigenvalue weighted by molar-refractivity contribution is 7.89. The van der Waals surface area contributed by atoms with Gasteiger partial charge in [-0.3, -0.25) is 9.59 Å². The molecular formula is C27H33N3O4S. The first-order valence-electron chi connectivity index (χ1n) is 12.5. The van der Waals surface area contributed by atoms with Crippen molar-refractivity contribution in [2.45, 2.75) is 63.8 Å². The lowest BCUT2D eigenvalue weighted by Crippen LogP contribution is -2.43. The minimum atomic E-state index is -3.75. The maximum absolute atomic E-state index is 13.5. The van der Waals surface area contributed by atoms with Gasteiger partial charge in [-0.2, -0.15) is 4.31 Å². The summed E-state index contributed by atoms with van der Waals surface area (Å²) in [5.74, 6) is -0.278. The number of hydrogen-bond acceptors (Lipinski definition) is 4. The zero-order valence-electron chi connectivity index (χ0n) is 20.6. The fourth-order valence-electron chi connectivity index (χ4n) is 5.45. The van der Waals surface area contributed by atoms with Gasteiger partial charge in [0.1, 0.15) is 0 Å². The first-order chi connectivity index (χ1) is 16.6. The smallest absolute Gasteiger partial charge is 0.243 e. The maximum Gasteiger partial charge on any atom is 0.243 e. The lowest BCUT2D eigenvalue weighted by atomic mass is 9.98. The molecule has 1 aliphatic carbocycles. The molecule has 2 amide bonds. The highest BCUT2D eigenvalue weighted by Crippen LogP contribution is 2.40. The van der Waals surface area contributed by atoms with E-state index in [0.717, 1.165) is 40.9 Å². The van der Waals surface area contributed by atoms with Crippen molar-refractivity contribution in [3.05, 3.63) is 53.1 Å². The van der Waals surface area contributed by atoms with Crippen LogP contribution in [0.25, 0.3) is 0 Å². The van der Waals surface area contributed by atoms with E-state index in [9.17, 15) is 18.0 Å². The first-order valence-corrected chi connectivity index (χ1v) is 13.9. The van der Waals surface area contributed by atoms with E-state index >= 15 is 0 Å². The van der Waals surface area contributed by atoms with Crippen molar-refractivity contribution in [3.8, 4) is 0 Å². The largest absolute Gasteiger partial charge is 0.326 e. The van der Waals surface area contributed by atoms with Crippen LogP contribution in [0.3, 0.4) is 0 Å². The molecule has 2 heterocycles. The molecule has 2 atom stereocenters. The second kappa shape index (κ2) is 9.06. The third-order valence-electron chi connectivity index (χ3n) is 7.31. The zero-order valence-corrected chi connectivity index (χ0v) is 21.4. The molecule has 2 aliphatic heterocycles. The highest BCUT2D eigenvalue weighted by atomic mass is 32.2. The summed E-state index contributed by atoms with van der Waals surface area (Å²) in [6.45, 7) is 6.54. The Labute approximate surface area is 207 Å². The molecule has 0 bridgehead atoms. The second-order valence-corrected chi connectivity index (χ2v) is 12.3. The number of hydrogen-bond donors (Lipinski definition) is 1. The van der Waals surface area contributed by atoms with Crippen LogP contribution in [0.1, 0.15) is 49.3 Å². The molecule has 8 heteroatoms. The Morgan fingerprint density at radius 3 is 2.37 bits per heavy atom. The van der Waals surface area contributed by atoms with Crippen molar-refractivity contribution in [2.75, 3.05) is 23.3 Å². The van der Waals surface area contributed by atoms with Crippen LogP contribution >= 0.6 is 0 Å². The van der Waals surface area contributed by atoms with Gasteiger partial charge in [-0.1, -0.05) is 6.07 Å². The molecule has 0 aromatic heterocycles. The van der Waals surface area contributed by atoms with Gasteiger partial charge in [-0.25, -0.2) is 8.42 Å². The number of aryl methyl sites for hydroxylation is 2. The normalized spacial score (nSPS) is 22.7. The highest BCUT2D eigenvalue weighted by Gasteiger charge is 2.40. The van der Waals surface area contributed by atoms with Crippen LogP contribution in [-0.2, 0) is 26.0 Å². The minimum absolute atomic E-state index is 0.0318. The molecule has 0 unspecified atom stereocenters. The van der Waals surface area contributed by atoms with Crippen LogP contribution < -0.4 is 10.2 Å². The van der Waals surface area contributed by atoms with Crippen LogP contribution in [0.5, 0.6) is 0 Å². The maximum atomic E-state index is 13.5. The molecule has 35 heavy (non-hydrogen) atoms. The third-order valence-corrected chi connectivity index (χ3v) is 9.17. The Morgan fingerprint density at radius 2 is 1.69 bits per heavy atom. The van der Waals surface area contributed by atoms with Crippen LogP contribution in [0.2, 0.25) is 0 Å². The van der Waals surface area contributed by atoms with E-state index < -0.39 is 15.9 Å². The number of fused-ring (bicyclic) bond motifs is 1. The molecule has 2 aromatic rings. The van der Waals surface area contributed by atoms with Gasteiger partial charge in [-0.05, 0) is 99.9 Å². The summed E-state index contributed by atoms with van der Waals surface area (Å²) in [6, 6.07) is 11.0. The van der Waals surface area contributed by atoms with Gasteiger partial charge in [0.2, 0.25) is 21.8 Å². The lowest BCUT2D eigenvalue weighted by molar-refractivity contribution is -0.121. The standard InChI is InChI=1S/C27H33N3O4S/c1-17-11-18(2)13-23(12-17)28-26(31)21-5-4-10-29(16-21)35(33,34)24-8-9-25-22(15-24)14-19(3)30(25)27(32)20-6-7-20/h8-9,11-13,15,19-21H,4-7,10,14,16H2,1-3H3,(H,28,31)/t19-,21-/m1/s1. The first kappa shape index (κ1) is 24.0. The second-order valence-electron chi connectivity index (χ2n) is 10.4. The van der Waals surface area contributed by atoms with Crippen molar-refractivity contribution in [2.24, 2.45) is 11.8 Å². The number of nitrogens with one attached hydrogen (secondary N) is 1. The number of nitrogens with zero attached hydrogens (tertiary/aromatic N) is 2. The SMILES string of the molecule is Cc1cc(C)cc(NC(=O)[C@@H]2CCCN(S(=O)(=O)c3ccc4c(c3)C[C@@H](C)N4C(=O)C3CC3)C2)c1. The Kier molecular flexibility index (Phi) is 6.21. The Balaban J connectivity index is 1.32. The number of carbonyl (C=O) groups excluding carboxylic acids is 2. The number of rotatable bonds is 5. The minimum Gasteiger partial charge on any atom is -0.326 e. The predicted octanol–water partition coefficient (Wildman–Crippen LogP) is 4.03. The average molecular weight is 496 g/mol. The number of carbonyl (C=O) groups is 2. The van der Waals surface area contributed by atoms with Gasteiger partial charge >= 0.3 is 0 Å². The molecule has 3 aliphatic rings. The molecule has 2 fully saturated rings. The summed E-state index contributed by atoms with van der Waals surface area (Å²) in [7, 11) is -3.75. The Morgan fingerprint density at radius 1 is 0.971 bits per heavy atom. The molecule has 0 spiro atoms. The van der Waals surface area contributed by atoms with Crippen molar-refractivity contribution >= 4 is 33.2 Å². The van der Waals surface area contributed by atoms with Crippen LogP contribution in [0, 0.1) is 25.7 Å². The molecule has 1 N–H and O–H groups in total. The van der Waals surface area contributed by atoms with Crippen molar-refractivity contribution < 1.29 is 18.0 Å². The van der Waals surface area contributed by atoms with Gasteiger partial charge in [-0.15, -0.1) is 0 Å². The molecule has 1 saturated heterocycles. The molecule has 1 saturated carbocycles. The summed E-state index contributed by atoms with van der Waals surface area (Å²) in [4.78, 5) is 27.8. The Bertz CT molecular complexity index is 1270. The molecule has 186 valence electrons. The topological polar surface area (TPSA) is 86.8 Å². The number of piperidine rings is 1. The van der Waals surface area contributed by atoms with Crippen LogP contribution in [0.4, 0.5) is 11.4 Å². The van der Waals surface area contributed by atoms with Gasteiger partial charge in [0.15, 0.2) is 0 Å². The summed E-state index contributed by atoms with van der Waals surface area (Å²) < 4.78 is 28.5. The van der Waals surface area contributed by atoms with Gasteiger partial charge in [0.25, 0.3) is 0 Å². The van der Waals surface area contributed by atoms with Crippen LogP contribution in [-0.4, -0.2) is 43.7 Å². The molecular weight excluding hydrogens is 462 g/mol. The van der Waals surface area contributed by atoms with Gasteiger partial charge in [0, 0.05) is 36.4 Å². The van der Waals surface area contributed by atoms with Crippen molar-refractivity contribution in [1.29, 1.82) is 0 Å². The Hall–Kier alpha value is -2.71. The quantitative estimate of drug-likeness (QED) is 0.679. The number of anilines is 2. The third kappa shape index (κ3) is 4.74. The van der Waals surface area contributed by atoms with Crippen molar-refractivity contribution in [3.63, 3.8) is 0 Å².